The fraction of sp³-hybridized carbons (Fsp3) is 0.500. The predicted octanol–water partition coefficient (Wildman–Crippen LogP) is 2.92. The van der Waals surface area contributed by atoms with Gasteiger partial charge in [-0.1, -0.05) is 13.0 Å². The van der Waals surface area contributed by atoms with Gasteiger partial charge in [0, 0.05) is 25.4 Å². The van der Waals surface area contributed by atoms with Crippen molar-refractivity contribution in [2.45, 2.75) is 26.3 Å². The van der Waals surface area contributed by atoms with E-state index in [9.17, 15) is 4.79 Å². The molecule has 1 atom stereocenters. The van der Waals surface area contributed by atoms with Crippen LogP contribution >= 0.6 is 15.9 Å². The average molecular weight is 329 g/mol. The van der Waals surface area contributed by atoms with Gasteiger partial charge >= 0.3 is 0 Å². The fourth-order valence-electron chi connectivity index (χ4n) is 1.80. The molecule has 1 amide bonds. The van der Waals surface area contributed by atoms with E-state index in [0.29, 0.717) is 28.9 Å². The number of carbonyl (C=O) groups is 1. The van der Waals surface area contributed by atoms with Crippen LogP contribution in [0.3, 0.4) is 0 Å². The van der Waals surface area contributed by atoms with Gasteiger partial charge in [-0.15, -0.1) is 0 Å². The normalized spacial score (nSPS) is 12.2. The van der Waals surface area contributed by atoms with Gasteiger partial charge in [0.2, 0.25) is 0 Å². The number of ether oxygens (including phenoxy) is 1. The molecule has 0 fully saturated rings. The largest absolute Gasteiger partial charge is 0.398 e. The second kappa shape index (κ2) is 7.50. The summed E-state index contributed by atoms with van der Waals surface area (Å²) >= 11 is 3.38. The average Bonchev–Trinajstić information content (AvgIpc) is 2.41. The summed E-state index contributed by atoms with van der Waals surface area (Å²) < 4.78 is 5.73. The lowest BCUT2D eigenvalue weighted by atomic mass is 10.1. The number of hydrogen-bond donors (Lipinski definition) is 1. The Labute approximate surface area is 123 Å². The summed E-state index contributed by atoms with van der Waals surface area (Å²) in [5.41, 5.74) is 6.99. The van der Waals surface area contributed by atoms with Gasteiger partial charge in [0.1, 0.15) is 0 Å². The maximum Gasteiger partial charge on any atom is 0.255 e. The minimum Gasteiger partial charge on any atom is -0.398 e. The van der Waals surface area contributed by atoms with Crippen LogP contribution in [-0.2, 0) is 4.74 Å². The molecule has 0 aliphatic rings. The Hall–Kier alpha value is -1.07. The number of halogens is 1. The van der Waals surface area contributed by atoms with Crippen molar-refractivity contribution in [1.29, 1.82) is 0 Å². The Kier molecular flexibility index (Phi) is 6.31. The number of nitrogens with zero attached hydrogens (tertiary/aromatic N) is 1. The number of hydrogen-bond acceptors (Lipinski definition) is 3. The summed E-state index contributed by atoms with van der Waals surface area (Å²) in [6.07, 6.45) is 0.898. The first-order valence-corrected chi connectivity index (χ1v) is 7.16. The zero-order valence-electron chi connectivity index (χ0n) is 11.6. The van der Waals surface area contributed by atoms with Crippen molar-refractivity contribution in [2.75, 3.05) is 26.0 Å². The third kappa shape index (κ3) is 3.94. The molecule has 0 bridgehead atoms. The molecule has 19 heavy (non-hydrogen) atoms. The molecule has 0 saturated heterocycles. The second-order valence-electron chi connectivity index (χ2n) is 4.46. The molecule has 0 heterocycles. The lowest BCUT2D eigenvalue weighted by Crippen LogP contribution is -2.40. The molecule has 1 aromatic rings. The van der Waals surface area contributed by atoms with Crippen molar-refractivity contribution in [3.63, 3.8) is 0 Å². The van der Waals surface area contributed by atoms with Gasteiger partial charge < -0.3 is 15.4 Å². The van der Waals surface area contributed by atoms with Crippen molar-refractivity contribution < 1.29 is 9.53 Å². The Morgan fingerprint density at radius 3 is 2.79 bits per heavy atom. The summed E-state index contributed by atoms with van der Waals surface area (Å²) in [6.45, 7) is 5.20. The topological polar surface area (TPSA) is 55.6 Å². The lowest BCUT2D eigenvalue weighted by molar-refractivity contribution is 0.0613. The molecule has 5 heteroatoms. The minimum absolute atomic E-state index is 0.0226. The molecule has 1 unspecified atom stereocenters. The molecule has 1 rings (SSSR count). The van der Waals surface area contributed by atoms with Crippen molar-refractivity contribution in [2.24, 2.45) is 0 Å². The number of amides is 1. The molecule has 0 aliphatic heterocycles. The van der Waals surface area contributed by atoms with E-state index in [-0.39, 0.29) is 11.9 Å². The van der Waals surface area contributed by atoms with Crippen LogP contribution in [0.2, 0.25) is 0 Å². The summed E-state index contributed by atoms with van der Waals surface area (Å²) in [6, 6.07) is 5.50. The summed E-state index contributed by atoms with van der Waals surface area (Å²) in [7, 11) is 1.63. The first kappa shape index (κ1) is 16.0. The highest BCUT2D eigenvalue weighted by Gasteiger charge is 2.22. The molecule has 1 aromatic carbocycles. The van der Waals surface area contributed by atoms with Crippen molar-refractivity contribution in [3.8, 4) is 0 Å². The molecular formula is C14H21BrN2O2. The number of carbonyl (C=O) groups excluding carboxylic acids is 1. The van der Waals surface area contributed by atoms with Crippen molar-refractivity contribution in [1.82, 2.24) is 4.90 Å². The molecule has 106 valence electrons. The SMILES string of the molecule is CCC(C)N(CCOC)C(=O)c1cccc(N)c1Br. The van der Waals surface area contributed by atoms with E-state index >= 15 is 0 Å². The van der Waals surface area contributed by atoms with Crippen LogP contribution in [0, 0.1) is 0 Å². The van der Waals surface area contributed by atoms with Gasteiger partial charge in [-0.2, -0.15) is 0 Å². The van der Waals surface area contributed by atoms with Crippen molar-refractivity contribution >= 4 is 27.5 Å². The van der Waals surface area contributed by atoms with Gasteiger partial charge in [0.25, 0.3) is 5.91 Å². The number of anilines is 1. The van der Waals surface area contributed by atoms with Crippen LogP contribution < -0.4 is 5.73 Å². The highest BCUT2D eigenvalue weighted by Crippen LogP contribution is 2.25. The van der Waals surface area contributed by atoms with Crippen LogP contribution in [0.25, 0.3) is 0 Å². The highest BCUT2D eigenvalue weighted by molar-refractivity contribution is 9.10. The lowest BCUT2D eigenvalue weighted by Gasteiger charge is -2.29. The smallest absolute Gasteiger partial charge is 0.255 e. The minimum atomic E-state index is -0.0226. The third-order valence-electron chi connectivity index (χ3n) is 3.18. The van der Waals surface area contributed by atoms with E-state index in [2.05, 4.69) is 22.9 Å². The van der Waals surface area contributed by atoms with E-state index in [1.54, 1.807) is 25.3 Å². The van der Waals surface area contributed by atoms with Crippen molar-refractivity contribution in [3.05, 3.63) is 28.2 Å². The van der Waals surface area contributed by atoms with Gasteiger partial charge in [0.05, 0.1) is 16.6 Å². The molecule has 0 aliphatic carbocycles. The third-order valence-corrected chi connectivity index (χ3v) is 4.06. The van der Waals surface area contributed by atoms with E-state index in [4.69, 9.17) is 10.5 Å². The summed E-state index contributed by atoms with van der Waals surface area (Å²) in [5.74, 6) is -0.0226. The van der Waals surface area contributed by atoms with E-state index in [1.807, 2.05) is 11.8 Å². The van der Waals surface area contributed by atoms with Gasteiger partial charge in [-0.3, -0.25) is 4.79 Å². The van der Waals surface area contributed by atoms with Gasteiger partial charge in [-0.25, -0.2) is 0 Å². The quantitative estimate of drug-likeness (QED) is 0.817. The standard InChI is InChI=1S/C14H21BrN2O2/c1-4-10(2)17(8-9-19-3)14(18)11-6-5-7-12(16)13(11)15/h5-7,10H,4,8-9,16H2,1-3H3. The molecule has 0 saturated carbocycles. The Balaban J connectivity index is 3.01. The van der Waals surface area contributed by atoms with Crippen LogP contribution in [-0.4, -0.2) is 37.1 Å². The van der Waals surface area contributed by atoms with E-state index in [0.717, 1.165) is 6.42 Å². The van der Waals surface area contributed by atoms with Crippen LogP contribution in [0.4, 0.5) is 5.69 Å². The van der Waals surface area contributed by atoms with Gasteiger partial charge in [0.15, 0.2) is 0 Å². The van der Waals surface area contributed by atoms with Crippen LogP contribution in [0.1, 0.15) is 30.6 Å². The Morgan fingerprint density at radius 2 is 2.21 bits per heavy atom. The zero-order valence-corrected chi connectivity index (χ0v) is 13.2. The monoisotopic (exact) mass is 328 g/mol. The number of nitrogens with two attached hydrogens (primary N) is 1. The Bertz CT molecular complexity index is 437. The van der Waals surface area contributed by atoms with E-state index < -0.39 is 0 Å². The first-order valence-electron chi connectivity index (χ1n) is 6.36. The Morgan fingerprint density at radius 1 is 1.53 bits per heavy atom. The molecule has 0 spiro atoms. The number of nitrogen functional groups attached to an aromatic ring is 1. The maximum atomic E-state index is 12.6. The number of rotatable bonds is 6. The van der Waals surface area contributed by atoms with Crippen LogP contribution in [0.5, 0.6) is 0 Å². The second-order valence-corrected chi connectivity index (χ2v) is 5.25. The predicted molar refractivity (Wildman–Crippen MR) is 81.2 cm³/mol. The molecule has 2 N–H and O–H groups in total. The van der Waals surface area contributed by atoms with Gasteiger partial charge in [-0.05, 0) is 41.4 Å². The molecule has 0 radical (unpaired) electrons. The highest BCUT2D eigenvalue weighted by atomic mass is 79.9. The van der Waals surface area contributed by atoms with E-state index in [1.165, 1.54) is 0 Å². The number of methoxy groups -OCH3 is 1. The zero-order chi connectivity index (χ0) is 14.4. The fourth-order valence-corrected chi connectivity index (χ4v) is 2.24. The van der Waals surface area contributed by atoms with Crippen LogP contribution in [0.15, 0.2) is 22.7 Å². The molecule has 4 nitrogen and oxygen atoms in total. The molecular weight excluding hydrogens is 308 g/mol. The summed E-state index contributed by atoms with van der Waals surface area (Å²) in [4.78, 5) is 14.4. The summed E-state index contributed by atoms with van der Waals surface area (Å²) in [5, 5.41) is 0. The first-order chi connectivity index (χ1) is 9.02. The number of benzene rings is 1. The molecule has 0 aromatic heterocycles. The maximum absolute atomic E-state index is 12.6.